The number of nitrogens with two attached hydrogens (primary N) is 1. The molecule has 0 aliphatic carbocycles. The fourth-order valence-electron chi connectivity index (χ4n) is 3.31. The summed E-state index contributed by atoms with van der Waals surface area (Å²) in [6, 6.07) is 10.5. The minimum atomic E-state index is -0.370. The predicted molar refractivity (Wildman–Crippen MR) is 123 cm³/mol. The van der Waals surface area contributed by atoms with Gasteiger partial charge in [-0.2, -0.15) is 0 Å². The lowest BCUT2D eigenvalue weighted by atomic mass is 10.0. The molecule has 3 N–H and O–H groups in total. The first-order valence-electron chi connectivity index (χ1n) is 9.83. The highest BCUT2D eigenvalue weighted by atomic mass is 19.1. The average Bonchev–Trinajstić information content (AvgIpc) is 3.25. The summed E-state index contributed by atoms with van der Waals surface area (Å²) in [4.78, 5) is 17.0. The van der Waals surface area contributed by atoms with Gasteiger partial charge in [-0.05, 0) is 17.7 Å². The van der Waals surface area contributed by atoms with Gasteiger partial charge in [-0.1, -0.05) is 12.1 Å². The summed E-state index contributed by atoms with van der Waals surface area (Å²) in [5.41, 5.74) is 9.54. The maximum atomic E-state index is 14.6. The van der Waals surface area contributed by atoms with E-state index >= 15 is 0 Å². The lowest BCUT2D eigenvalue weighted by Gasteiger charge is -2.09. The van der Waals surface area contributed by atoms with Gasteiger partial charge in [0, 0.05) is 55.5 Å². The van der Waals surface area contributed by atoms with Gasteiger partial charge in [-0.25, -0.2) is 19.3 Å². The van der Waals surface area contributed by atoms with E-state index < -0.39 is 0 Å². The van der Waals surface area contributed by atoms with E-state index in [9.17, 15) is 4.39 Å². The minimum Gasteiger partial charge on any atom is -0.497 e. The van der Waals surface area contributed by atoms with Crippen molar-refractivity contribution in [1.29, 1.82) is 0 Å². The monoisotopic (exact) mass is 431 g/mol. The molecular formula is C23H22FN7O. The van der Waals surface area contributed by atoms with E-state index in [2.05, 4.69) is 25.3 Å². The number of rotatable bonds is 7. The lowest BCUT2D eigenvalue weighted by molar-refractivity contribution is 0.414. The Hall–Kier alpha value is -4.27. The molecule has 0 bridgehead atoms. The van der Waals surface area contributed by atoms with Crippen molar-refractivity contribution >= 4 is 23.3 Å². The zero-order valence-electron chi connectivity index (χ0n) is 17.7. The highest BCUT2D eigenvalue weighted by Crippen LogP contribution is 2.23. The molecule has 0 fully saturated rings. The average molecular weight is 431 g/mol. The fourth-order valence-corrected chi connectivity index (χ4v) is 3.31. The molecule has 0 spiro atoms. The van der Waals surface area contributed by atoms with Crippen LogP contribution in [0.5, 0.6) is 5.75 Å². The first-order valence-corrected chi connectivity index (χ1v) is 9.83. The van der Waals surface area contributed by atoms with E-state index in [4.69, 9.17) is 10.5 Å². The number of allylic oxidation sites excluding steroid dienone is 1. The topological polar surface area (TPSA) is 103 Å². The second kappa shape index (κ2) is 9.25. The van der Waals surface area contributed by atoms with Gasteiger partial charge < -0.3 is 15.8 Å². The van der Waals surface area contributed by atoms with Crippen LogP contribution in [0.4, 0.5) is 10.2 Å². The molecule has 0 aliphatic heterocycles. The molecule has 0 radical (unpaired) electrons. The summed E-state index contributed by atoms with van der Waals surface area (Å²) in [6.07, 6.45) is 7.96. The van der Waals surface area contributed by atoms with E-state index in [0.29, 0.717) is 29.2 Å². The second-order valence-electron chi connectivity index (χ2n) is 6.90. The summed E-state index contributed by atoms with van der Waals surface area (Å²) >= 11 is 0. The van der Waals surface area contributed by atoms with Crippen molar-refractivity contribution in [3.63, 3.8) is 0 Å². The van der Waals surface area contributed by atoms with E-state index in [0.717, 1.165) is 22.7 Å². The van der Waals surface area contributed by atoms with Crippen LogP contribution in [0.15, 0.2) is 66.3 Å². The van der Waals surface area contributed by atoms with Crippen LogP contribution in [-0.2, 0) is 6.54 Å². The van der Waals surface area contributed by atoms with Crippen LogP contribution < -0.4 is 15.8 Å². The number of nitrogens with zero attached hydrogens (tertiary/aromatic N) is 5. The number of hydrogen-bond donors (Lipinski definition) is 2. The van der Waals surface area contributed by atoms with Crippen molar-refractivity contribution in [2.45, 2.75) is 6.54 Å². The molecule has 4 rings (SSSR count). The van der Waals surface area contributed by atoms with Gasteiger partial charge in [0.2, 0.25) is 0 Å². The molecule has 0 saturated carbocycles. The van der Waals surface area contributed by atoms with Crippen molar-refractivity contribution in [2.75, 3.05) is 19.5 Å². The molecule has 3 heterocycles. The van der Waals surface area contributed by atoms with E-state index in [1.165, 1.54) is 24.8 Å². The highest BCUT2D eigenvalue weighted by molar-refractivity contribution is 6.09. The number of halogens is 1. The van der Waals surface area contributed by atoms with Crippen LogP contribution in [0.2, 0.25) is 0 Å². The molecule has 0 amide bonds. The Morgan fingerprint density at radius 3 is 2.84 bits per heavy atom. The minimum absolute atomic E-state index is 0.370. The molecule has 8 nitrogen and oxygen atoms in total. The molecule has 32 heavy (non-hydrogen) atoms. The first kappa shape index (κ1) is 21.0. The Labute approximate surface area is 184 Å². The third-order valence-corrected chi connectivity index (χ3v) is 4.92. The number of hydrogen-bond acceptors (Lipinski definition) is 7. The lowest BCUT2D eigenvalue weighted by Crippen LogP contribution is -2.04. The summed E-state index contributed by atoms with van der Waals surface area (Å²) in [5.74, 6) is 0.975. The molecule has 1 aromatic carbocycles. The SMILES string of the molecule is CN=CC(=CN)c1ccc(CNc2cc(-c3cnc4cc(OC)ccn34)ncn2)cc1F. The van der Waals surface area contributed by atoms with Gasteiger partial charge in [0.05, 0.1) is 24.7 Å². The summed E-state index contributed by atoms with van der Waals surface area (Å²) < 4.78 is 21.7. The molecule has 0 saturated heterocycles. The number of aromatic nitrogens is 4. The van der Waals surface area contributed by atoms with Crippen molar-refractivity contribution in [2.24, 2.45) is 10.7 Å². The van der Waals surface area contributed by atoms with Crippen LogP contribution in [0.1, 0.15) is 11.1 Å². The molecule has 0 aliphatic rings. The standard InChI is InChI=1S/C23H22FN7O/c1-26-12-16(10-25)18-4-3-15(7-19(18)24)11-27-22-9-20(29-14-30-22)21-13-28-23-8-17(32-2)5-6-31(21)23/h3-10,12-14H,11,25H2,1-2H3,(H,27,29,30). The van der Waals surface area contributed by atoms with Gasteiger partial charge >= 0.3 is 0 Å². The van der Waals surface area contributed by atoms with Crippen LogP contribution in [0.3, 0.4) is 0 Å². The molecule has 4 aromatic rings. The van der Waals surface area contributed by atoms with Crippen molar-refractivity contribution in [1.82, 2.24) is 19.4 Å². The van der Waals surface area contributed by atoms with E-state index in [1.54, 1.807) is 26.4 Å². The number of fused-ring (bicyclic) bond motifs is 1. The maximum absolute atomic E-state index is 14.6. The number of nitrogens with one attached hydrogen (secondary N) is 1. The third-order valence-electron chi connectivity index (χ3n) is 4.92. The third kappa shape index (κ3) is 4.27. The van der Waals surface area contributed by atoms with Crippen molar-refractivity contribution in [3.05, 3.63) is 78.3 Å². The maximum Gasteiger partial charge on any atom is 0.140 e. The molecule has 0 atom stereocenters. The summed E-state index contributed by atoms with van der Waals surface area (Å²) in [6.45, 7) is 0.390. The van der Waals surface area contributed by atoms with Gasteiger partial charge in [-0.15, -0.1) is 0 Å². The zero-order chi connectivity index (χ0) is 22.5. The smallest absolute Gasteiger partial charge is 0.140 e. The zero-order valence-corrected chi connectivity index (χ0v) is 17.7. The number of anilines is 1. The quantitative estimate of drug-likeness (QED) is 0.434. The van der Waals surface area contributed by atoms with Gasteiger partial charge in [0.25, 0.3) is 0 Å². The molecule has 0 unspecified atom stereocenters. The fraction of sp³-hybridized carbons (Fsp3) is 0.130. The van der Waals surface area contributed by atoms with Crippen LogP contribution in [0, 0.1) is 5.82 Å². The Morgan fingerprint density at radius 2 is 2.09 bits per heavy atom. The summed E-state index contributed by atoms with van der Waals surface area (Å²) in [5, 5.41) is 3.21. The molecular weight excluding hydrogens is 409 g/mol. The van der Waals surface area contributed by atoms with Gasteiger partial charge in [0.1, 0.15) is 29.4 Å². The normalized spacial score (nSPS) is 11.9. The molecule has 162 valence electrons. The van der Waals surface area contributed by atoms with Gasteiger partial charge in [0.15, 0.2) is 0 Å². The number of imidazole rings is 1. The summed E-state index contributed by atoms with van der Waals surface area (Å²) in [7, 11) is 3.23. The van der Waals surface area contributed by atoms with Crippen LogP contribution in [0.25, 0.3) is 22.6 Å². The molecule has 3 aromatic heterocycles. The Bertz CT molecular complexity index is 1310. The van der Waals surface area contributed by atoms with E-state index in [1.807, 2.05) is 34.9 Å². The Morgan fingerprint density at radius 1 is 1.22 bits per heavy atom. The van der Waals surface area contributed by atoms with Crippen molar-refractivity contribution in [3.8, 4) is 17.1 Å². The van der Waals surface area contributed by atoms with Crippen LogP contribution >= 0.6 is 0 Å². The predicted octanol–water partition coefficient (Wildman–Crippen LogP) is 3.55. The number of ether oxygens (including phenoxy) is 1. The Kier molecular flexibility index (Phi) is 6.07. The van der Waals surface area contributed by atoms with E-state index in [-0.39, 0.29) is 5.82 Å². The Balaban J connectivity index is 1.52. The number of aliphatic imine (C=N–C) groups is 1. The molecule has 9 heteroatoms. The van der Waals surface area contributed by atoms with Crippen LogP contribution in [-0.4, -0.2) is 39.7 Å². The highest BCUT2D eigenvalue weighted by Gasteiger charge is 2.10. The number of methoxy groups -OCH3 is 1. The first-order chi connectivity index (χ1) is 15.6. The second-order valence-corrected chi connectivity index (χ2v) is 6.90. The number of benzene rings is 1. The van der Waals surface area contributed by atoms with Gasteiger partial charge in [-0.3, -0.25) is 9.39 Å². The van der Waals surface area contributed by atoms with Crippen molar-refractivity contribution < 1.29 is 9.13 Å². The largest absolute Gasteiger partial charge is 0.497 e. The number of pyridine rings is 1.